The molecule has 0 fully saturated rings. The van der Waals surface area contributed by atoms with Crippen molar-refractivity contribution in [3.05, 3.63) is 36.7 Å². The van der Waals surface area contributed by atoms with E-state index >= 15 is 0 Å². The lowest BCUT2D eigenvalue weighted by Gasteiger charge is -2.30. The minimum Gasteiger partial charge on any atom is -0.486 e. The minimum absolute atomic E-state index is 0.295. The molecule has 3 heteroatoms. The molecule has 0 saturated carbocycles. The second-order valence-electron chi connectivity index (χ2n) is 3.17. The summed E-state index contributed by atoms with van der Waals surface area (Å²) in [5.41, 5.74) is 0.816. The van der Waals surface area contributed by atoms with Crippen LogP contribution in [-0.4, -0.2) is 19.7 Å². The molecule has 74 valence electrons. The highest BCUT2D eigenvalue weighted by molar-refractivity contribution is 5.60. The number of benzene rings is 1. The van der Waals surface area contributed by atoms with Crippen LogP contribution in [0.2, 0.25) is 0 Å². The summed E-state index contributed by atoms with van der Waals surface area (Å²) in [6, 6.07) is 4.97. The SMILES string of the molecule is C=CCN1CCOc2c(F)cccc21. The first-order valence-electron chi connectivity index (χ1n) is 4.60. The van der Waals surface area contributed by atoms with E-state index < -0.39 is 0 Å². The van der Waals surface area contributed by atoms with Crippen LogP contribution in [0.5, 0.6) is 5.75 Å². The normalized spacial score (nSPS) is 14.5. The quantitative estimate of drug-likeness (QED) is 0.668. The van der Waals surface area contributed by atoms with Gasteiger partial charge in [-0.15, -0.1) is 6.58 Å². The molecule has 2 rings (SSSR count). The van der Waals surface area contributed by atoms with Gasteiger partial charge in [-0.2, -0.15) is 0 Å². The Morgan fingerprint density at radius 2 is 2.43 bits per heavy atom. The molecule has 0 aliphatic carbocycles. The van der Waals surface area contributed by atoms with Crippen molar-refractivity contribution in [1.82, 2.24) is 0 Å². The lowest BCUT2D eigenvalue weighted by atomic mass is 10.2. The van der Waals surface area contributed by atoms with Crippen LogP contribution in [-0.2, 0) is 0 Å². The van der Waals surface area contributed by atoms with Gasteiger partial charge in [0.25, 0.3) is 0 Å². The maximum absolute atomic E-state index is 13.3. The number of fused-ring (bicyclic) bond motifs is 1. The van der Waals surface area contributed by atoms with Gasteiger partial charge in [0.1, 0.15) is 6.61 Å². The average molecular weight is 193 g/mol. The van der Waals surface area contributed by atoms with E-state index in [1.54, 1.807) is 12.1 Å². The first-order chi connectivity index (χ1) is 6.83. The van der Waals surface area contributed by atoms with Crippen LogP contribution in [0.15, 0.2) is 30.9 Å². The van der Waals surface area contributed by atoms with Crippen LogP contribution in [0.4, 0.5) is 10.1 Å². The first kappa shape index (κ1) is 9.06. The lowest BCUT2D eigenvalue weighted by Crippen LogP contribution is -2.33. The van der Waals surface area contributed by atoms with Crippen molar-refractivity contribution in [1.29, 1.82) is 0 Å². The van der Waals surface area contributed by atoms with Gasteiger partial charge < -0.3 is 9.64 Å². The van der Waals surface area contributed by atoms with E-state index in [4.69, 9.17) is 4.74 Å². The summed E-state index contributed by atoms with van der Waals surface area (Å²) < 4.78 is 18.6. The fourth-order valence-corrected chi connectivity index (χ4v) is 1.61. The van der Waals surface area contributed by atoms with Gasteiger partial charge in [0, 0.05) is 6.54 Å². The number of anilines is 1. The molecule has 0 atom stereocenters. The van der Waals surface area contributed by atoms with Crippen LogP contribution in [0.25, 0.3) is 0 Å². The number of rotatable bonds is 2. The van der Waals surface area contributed by atoms with Gasteiger partial charge in [0.15, 0.2) is 11.6 Å². The van der Waals surface area contributed by atoms with Crippen molar-refractivity contribution in [2.24, 2.45) is 0 Å². The van der Waals surface area contributed by atoms with E-state index in [0.717, 1.165) is 18.8 Å². The smallest absolute Gasteiger partial charge is 0.178 e. The third kappa shape index (κ3) is 1.45. The van der Waals surface area contributed by atoms with E-state index in [-0.39, 0.29) is 5.82 Å². The van der Waals surface area contributed by atoms with E-state index in [1.807, 2.05) is 6.07 Å². The first-order valence-corrected chi connectivity index (χ1v) is 4.60. The molecule has 2 nitrogen and oxygen atoms in total. The molecule has 1 aliphatic heterocycles. The molecule has 0 bridgehead atoms. The Kier molecular flexibility index (Phi) is 2.39. The van der Waals surface area contributed by atoms with E-state index in [0.29, 0.717) is 12.4 Å². The largest absolute Gasteiger partial charge is 0.486 e. The van der Waals surface area contributed by atoms with Gasteiger partial charge in [-0.1, -0.05) is 12.1 Å². The zero-order valence-corrected chi connectivity index (χ0v) is 7.87. The molecular weight excluding hydrogens is 181 g/mol. The average Bonchev–Trinajstić information content (AvgIpc) is 2.20. The van der Waals surface area contributed by atoms with Crippen LogP contribution < -0.4 is 9.64 Å². The predicted molar refractivity (Wildman–Crippen MR) is 54.3 cm³/mol. The molecule has 0 amide bonds. The topological polar surface area (TPSA) is 12.5 Å². The maximum Gasteiger partial charge on any atom is 0.178 e. The van der Waals surface area contributed by atoms with Gasteiger partial charge in [-0.25, -0.2) is 4.39 Å². The van der Waals surface area contributed by atoms with Crippen molar-refractivity contribution in [3.63, 3.8) is 0 Å². The van der Waals surface area contributed by atoms with Gasteiger partial charge in [-0.3, -0.25) is 0 Å². The molecule has 0 N–H and O–H groups in total. The van der Waals surface area contributed by atoms with E-state index in [1.165, 1.54) is 6.07 Å². The summed E-state index contributed by atoms with van der Waals surface area (Å²) in [6.45, 7) is 5.71. The number of nitrogens with zero attached hydrogens (tertiary/aromatic N) is 1. The number of halogens is 1. The summed E-state index contributed by atoms with van der Waals surface area (Å²) in [6.07, 6.45) is 1.81. The van der Waals surface area contributed by atoms with E-state index in [2.05, 4.69) is 11.5 Å². The summed E-state index contributed by atoms with van der Waals surface area (Å²) in [4.78, 5) is 2.05. The van der Waals surface area contributed by atoms with E-state index in [9.17, 15) is 4.39 Å². The molecule has 1 aromatic rings. The highest BCUT2D eigenvalue weighted by Gasteiger charge is 2.19. The van der Waals surface area contributed by atoms with Crippen molar-refractivity contribution in [2.45, 2.75) is 0 Å². The van der Waals surface area contributed by atoms with Gasteiger partial charge in [-0.05, 0) is 12.1 Å². The molecule has 0 spiro atoms. The Labute approximate surface area is 82.6 Å². The second-order valence-corrected chi connectivity index (χ2v) is 3.17. The maximum atomic E-state index is 13.3. The number of hydrogen-bond acceptors (Lipinski definition) is 2. The Bertz CT molecular complexity index is 351. The molecule has 1 heterocycles. The fraction of sp³-hybridized carbons (Fsp3) is 0.273. The third-order valence-corrected chi connectivity index (χ3v) is 2.24. The molecule has 1 aromatic carbocycles. The van der Waals surface area contributed by atoms with Crippen LogP contribution in [0.1, 0.15) is 0 Å². The molecular formula is C11H12FNO. The van der Waals surface area contributed by atoms with Gasteiger partial charge in [0.2, 0.25) is 0 Å². The zero-order chi connectivity index (χ0) is 9.97. The monoisotopic (exact) mass is 193 g/mol. The summed E-state index contributed by atoms with van der Waals surface area (Å²) in [5, 5.41) is 0. The zero-order valence-electron chi connectivity index (χ0n) is 7.87. The number of hydrogen-bond donors (Lipinski definition) is 0. The second kappa shape index (κ2) is 3.70. The summed E-state index contributed by atoms with van der Waals surface area (Å²) in [7, 11) is 0. The van der Waals surface area contributed by atoms with Crippen molar-refractivity contribution in [2.75, 3.05) is 24.6 Å². The van der Waals surface area contributed by atoms with Crippen LogP contribution >= 0.6 is 0 Å². The molecule has 0 saturated heterocycles. The predicted octanol–water partition coefficient (Wildman–Crippen LogP) is 2.21. The lowest BCUT2D eigenvalue weighted by molar-refractivity contribution is 0.293. The van der Waals surface area contributed by atoms with Crippen LogP contribution in [0.3, 0.4) is 0 Å². The number of ether oxygens (including phenoxy) is 1. The fourth-order valence-electron chi connectivity index (χ4n) is 1.61. The van der Waals surface area contributed by atoms with Gasteiger partial charge in [0.05, 0.1) is 12.2 Å². The van der Waals surface area contributed by atoms with Crippen molar-refractivity contribution < 1.29 is 9.13 Å². The summed E-state index contributed by atoms with van der Waals surface area (Å²) in [5.74, 6) is 0.0665. The summed E-state index contributed by atoms with van der Waals surface area (Å²) >= 11 is 0. The molecule has 0 aromatic heterocycles. The van der Waals surface area contributed by atoms with Crippen LogP contribution in [0, 0.1) is 5.82 Å². The Hall–Kier alpha value is -1.51. The Balaban J connectivity index is 2.39. The Morgan fingerprint density at radius 3 is 3.21 bits per heavy atom. The van der Waals surface area contributed by atoms with Crippen molar-refractivity contribution >= 4 is 5.69 Å². The molecule has 0 unspecified atom stereocenters. The minimum atomic E-state index is -0.295. The third-order valence-electron chi connectivity index (χ3n) is 2.24. The number of para-hydroxylation sites is 1. The highest BCUT2D eigenvalue weighted by atomic mass is 19.1. The van der Waals surface area contributed by atoms with Gasteiger partial charge >= 0.3 is 0 Å². The highest BCUT2D eigenvalue weighted by Crippen LogP contribution is 2.33. The molecule has 0 radical (unpaired) electrons. The molecule has 1 aliphatic rings. The van der Waals surface area contributed by atoms with Crippen molar-refractivity contribution in [3.8, 4) is 5.75 Å². The standard InChI is InChI=1S/C11H12FNO/c1-2-6-13-7-8-14-11-9(12)4-3-5-10(11)13/h2-5H,1,6-8H2. The molecule has 14 heavy (non-hydrogen) atoms. The Morgan fingerprint density at radius 1 is 1.57 bits per heavy atom.